The first-order chi connectivity index (χ1) is 12.7. The number of aryl methyl sites for hydroxylation is 3. The average Bonchev–Trinajstić information content (AvgIpc) is 2.61. The molecule has 1 aliphatic carbocycles. The van der Waals surface area contributed by atoms with Crippen LogP contribution in [0.4, 0.5) is 0 Å². The molecule has 1 unspecified atom stereocenters. The number of hydrogen-bond donors (Lipinski definition) is 1. The first-order valence-corrected chi connectivity index (χ1v) is 12.5. The van der Waals surface area contributed by atoms with E-state index >= 15 is 0 Å². The van der Waals surface area contributed by atoms with Gasteiger partial charge in [0.1, 0.15) is 4.90 Å². The Kier molecular flexibility index (Phi) is 6.01. The number of benzene rings is 2. The molecule has 2 aromatic rings. The summed E-state index contributed by atoms with van der Waals surface area (Å²) in [6, 6.07) is 13.2. The Labute approximate surface area is 164 Å². The van der Waals surface area contributed by atoms with Crippen molar-refractivity contribution in [3.63, 3.8) is 0 Å². The lowest BCUT2D eigenvalue weighted by atomic mass is 10.0. The molecule has 0 heterocycles. The van der Waals surface area contributed by atoms with Crippen LogP contribution in [0.2, 0.25) is 0 Å². The molecule has 1 atom stereocenters. The molecule has 1 aliphatic rings. The molecule has 2 aromatic carbocycles. The zero-order valence-electron chi connectivity index (χ0n) is 16.3. The Bertz CT molecular complexity index is 883. The van der Waals surface area contributed by atoms with E-state index in [1.807, 2.05) is 63.2 Å². The van der Waals surface area contributed by atoms with Crippen LogP contribution in [0.3, 0.4) is 0 Å². The van der Waals surface area contributed by atoms with Crippen LogP contribution in [0.5, 0.6) is 0 Å². The van der Waals surface area contributed by atoms with E-state index in [1.54, 1.807) is 0 Å². The van der Waals surface area contributed by atoms with Crippen molar-refractivity contribution in [2.75, 3.05) is 0 Å². The van der Waals surface area contributed by atoms with Gasteiger partial charge in [-0.15, -0.1) is 0 Å². The van der Waals surface area contributed by atoms with Crippen molar-refractivity contribution >= 4 is 20.6 Å². The van der Waals surface area contributed by atoms with Gasteiger partial charge in [0.25, 0.3) is 0 Å². The van der Waals surface area contributed by atoms with Gasteiger partial charge in [-0.3, -0.25) is 5.14 Å². The molecule has 0 spiro atoms. The Morgan fingerprint density at radius 2 is 1.48 bits per heavy atom. The predicted molar refractivity (Wildman–Crippen MR) is 112 cm³/mol. The third-order valence-corrected chi connectivity index (χ3v) is 10.4. The maximum Gasteiger partial charge on any atom is 0.308 e. The standard InChI is InChI=1S/C21H29NO3S2/c1-16-14-17(2)21(18(3)15-16)27(23,24)25-26(22,19-10-6-4-7-11-19)20-12-8-5-9-13-20/h4,6-7,10-11,14-15,20H,5,8-9,12-13,22H2,1-3H3. The Morgan fingerprint density at radius 1 is 0.926 bits per heavy atom. The Hall–Kier alpha value is -1.34. The first-order valence-electron chi connectivity index (χ1n) is 9.43. The summed E-state index contributed by atoms with van der Waals surface area (Å²) in [5.41, 5.74) is 2.43. The van der Waals surface area contributed by atoms with Gasteiger partial charge < -0.3 is 0 Å². The molecule has 3 rings (SSSR count). The Morgan fingerprint density at radius 3 is 2.04 bits per heavy atom. The van der Waals surface area contributed by atoms with Gasteiger partial charge in [0, 0.05) is 10.1 Å². The van der Waals surface area contributed by atoms with E-state index in [1.165, 1.54) is 6.42 Å². The third-order valence-electron chi connectivity index (χ3n) is 5.22. The van der Waals surface area contributed by atoms with Crippen molar-refractivity contribution in [2.24, 2.45) is 5.14 Å². The highest BCUT2D eigenvalue weighted by Gasteiger charge is 2.39. The summed E-state index contributed by atoms with van der Waals surface area (Å²) in [5, 5.41) is 6.88. The van der Waals surface area contributed by atoms with Gasteiger partial charge >= 0.3 is 10.1 Å². The monoisotopic (exact) mass is 407 g/mol. The number of nitrogens with two attached hydrogens (primary N) is 1. The summed E-state index contributed by atoms with van der Waals surface area (Å²) in [7, 11) is -6.44. The van der Waals surface area contributed by atoms with Crippen LogP contribution in [0, 0.1) is 20.8 Å². The van der Waals surface area contributed by atoms with E-state index in [4.69, 9.17) is 8.77 Å². The minimum atomic E-state index is -3.98. The second-order valence-corrected chi connectivity index (χ2v) is 11.8. The van der Waals surface area contributed by atoms with E-state index in [0.29, 0.717) is 11.1 Å². The molecule has 0 radical (unpaired) electrons. The fourth-order valence-electron chi connectivity index (χ4n) is 4.08. The van der Waals surface area contributed by atoms with Crippen molar-refractivity contribution in [1.82, 2.24) is 0 Å². The predicted octanol–water partition coefficient (Wildman–Crippen LogP) is 5.30. The maximum absolute atomic E-state index is 13.3. The first kappa shape index (κ1) is 20.4. The lowest BCUT2D eigenvalue weighted by molar-refractivity contribution is 0.472. The normalized spacial score (nSPS) is 19.4. The fraction of sp³-hybridized carbons (Fsp3) is 0.429. The number of hydrogen-bond acceptors (Lipinski definition) is 4. The van der Waals surface area contributed by atoms with Gasteiger partial charge in [-0.1, -0.05) is 55.2 Å². The molecule has 148 valence electrons. The zero-order chi connectivity index (χ0) is 19.7. The third kappa shape index (κ3) is 4.24. The molecule has 4 nitrogen and oxygen atoms in total. The average molecular weight is 408 g/mol. The van der Waals surface area contributed by atoms with Crippen molar-refractivity contribution in [2.45, 2.75) is 67.9 Å². The highest BCUT2D eigenvalue weighted by molar-refractivity contribution is 8.31. The highest BCUT2D eigenvalue weighted by atomic mass is 32.3. The van der Waals surface area contributed by atoms with Crippen LogP contribution in [-0.4, -0.2) is 13.7 Å². The Balaban J connectivity index is 2.06. The zero-order valence-corrected chi connectivity index (χ0v) is 17.9. The molecule has 1 fully saturated rings. The molecular formula is C21H29NO3S2. The second kappa shape index (κ2) is 7.95. The quantitative estimate of drug-likeness (QED) is 0.730. The summed E-state index contributed by atoms with van der Waals surface area (Å²) in [4.78, 5) is 1.05. The van der Waals surface area contributed by atoms with Crippen molar-refractivity contribution in [3.8, 4) is 0 Å². The van der Waals surface area contributed by atoms with E-state index in [9.17, 15) is 8.42 Å². The second-order valence-electron chi connectivity index (χ2n) is 7.47. The largest absolute Gasteiger partial charge is 0.308 e. The molecular weight excluding hydrogens is 378 g/mol. The summed E-state index contributed by atoms with van der Waals surface area (Å²) in [6.45, 7) is 5.58. The van der Waals surface area contributed by atoms with Gasteiger partial charge in [0.15, 0.2) is 0 Å². The minimum absolute atomic E-state index is 0.0504. The van der Waals surface area contributed by atoms with E-state index in [-0.39, 0.29) is 10.1 Å². The van der Waals surface area contributed by atoms with E-state index in [2.05, 4.69) is 0 Å². The smallest absolute Gasteiger partial charge is 0.269 e. The minimum Gasteiger partial charge on any atom is -0.269 e. The van der Waals surface area contributed by atoms with E-state index < -0.39 is 20.6 Å². The molecule has 1 saturated carbocycles. The molecule has 0 amide bonds. The van der Waals surface area contributed by atoms with Gasteiger partial charge in [-0.2, -0.15) is 12.0 Å². The van der Waals surface area contributed by atoms with E-state index in [0.717, 1.165) is 36.1 Å². The van der Waals surface area contributed by atoms with Gasteiger partial charge in [-0.25, -0.2) is 0 Å². The van der Waals surface area contributed by atoms with Crippen molar-refractivity contribution < 1.29 is 12.0 Å². The van der Waals surface area contributed by atoms with Crippen LogP contribution in [0.25, 0.3) is 0 Å². The molecule has 0 bridgehead atoms. The lowest BCUT2D eigenvalue weighted by Crippen LogP contribution is -2.32. The molecule has 27 heavy (non-hydrogen) atoms. The SMILES string of the molecule is Cc1cc(C)c(S(=O)(=O)OS(N)(c2ccccc2)C2CCCCC2)c(C)c1. The van der Waals surface area contributed by atoms with Gasteiger partial charge in [0.2, 0.25) is 0 Å². The van der Waals surface area contributed by atoms with Crippen LogP contribution in [0.1, 0.15) is 48.8 Å². The molecule has 2 N–H and O–H groups in total. The van der Waals surface area contributed by atoms with Gasteiger partial charge in [0.05, 0.1) is 0 Å². The van der Waals surface area contributed by atoms with Crippen LogP contribution >= 0.6 is 10.5 Å². The maximum atomic E-state index is 13.3. The molecule has 0 aromatic heterocycles. The summed E-state index contributed by atoms with van der Waals surface area (Å²) < 4.78 is 32.6. The number of rotatable bonds is 5. The van der Waals surface area contributed by atoms with Crippen LogP contribution < -0.4 is 5.14 Å². The summed E-state index contributed by atoms with van der Waals surface area (Å²) in [5.74, 6) is 0. The van der Waals surface area contributed by atoms with Gasteiger partial charge in [-0.05, 0) is 67.4 Å². The highest BCUT2D eigenvalue weighted by Crippen LogP contribution is 2.59. The summed E-state index contributed by atoms with van der Waals surface area (Å²) in [6.07, 6.45) is 5.11. The molecule has 0 saturated heterocycles. The fourth-order valence-corrected chi connectivity index (χ4v) is 9.20. The van der Waals surface area contributed by atoms with Crippen molar-refractivity contribution in [3.05, 3.63) is 59.2 Å². The van der Waals surface area contributed by atoms with Crippen molar-refractivity contribution in [1.29, 1.82) is 0 Å². The molecule has 0 aliphatic heterocycles. The topological polar surface area (TPSA) is 69.4 Å². The molecule has 6 heteroatoms. The summed E-state index contributed by atoms with van der Waals surface area (Å²) >= 11 is 0. The lowest BCUT2D eigenvalue weighted by Gasteiger charge is -2.43. The van der Waals surface area contributed by atoms with Crippen LogP contribution in [0.15, 0.2) is 52.3 Å². The van der Waals surface area contributed by atoms with Crippen LogP contribution in [-0.2, 0) is 13.7 Å².